The highest BCUT2D eigenvalue weighted by Gasteiger charge is 2.35. The van der Waals surface area contributed by atoms with Crippen molar-refractivity contribution < 1.29 is 9.47 Å². The minimum absolute atomic E-state index is 0.467. The first kappa shape index (κ1) is 12.9. The third-order valence-electron chi connectivity index (χ3n) is 4.57. The van der Waals surface area contributed by atoms with E-state index in [1.807, 2.05) is 0 Å². The summed E-state index contributed by atoms with van der Waals surface area (Å²) < 4.78 is 11.5. The zero-order chi connectivity index (χ0) is 12.2. The minimum Gasteiger partial charge on any atom is -0.377 e. The number of fused-ring (bicyclic) bond motifs is 1. The summed E-state index contributed by atoms with van der Waals surface area (Å²) in [7, 11) is 0. The molecule has 4 nitrogen and oxygen atoms in total. The Kier molecular flexibility index (Phi) is 4.52. The summed E-state index contributed by atoms with van der Waals surface area (Å²) >= 11 is 0. The highest BCUT2D eigenvalue weighted by molar-refractivity contribution is 4.89. The van der Waals surface area contributed by atoms with Crippen LogP contribution >= 0.6 is 0 Å². The van der Waals surface area contributed by atoms with Gasteiger partial charge in [-0.3, -0.25) is 4.90 Å². The molecule has 0 amide bonds. The van der Waals surface area contributed by atoms with Gasteiger partial charge in [0.25, 0.3) is 0 Å². The molecule has 3 rings (SSSR count). The van der Waals surface area contributed by atoms with Crippen LogP contribution in [0.15, 0.2) is 0 Å². The zero-order valence-corrected chi connectivity index (χ0v) is 11.3. The topological polar surface area (TPSA) is 33.7 Å². The molecule has 1 aliphatic carbocycles. The molecule has 1 saturated carbocycles. The van der Waals surface area contributed by atoms with Crippen LogP contribution in [0.2, 0.25) is 0 Å². The zero-order valence-electron chi connectivity index (χ0n) is 11.3. The lowest BCUT2D eigenvalue weighted by atomic mass is 10.1. The first-order valence-corrected chi connectivity index (χ1v) is 7.61. The Bertz CT molecular complexity index is 256. The molecule has 2 heterocycles. The molecular formula is C14H26N2O2. The van der Waals surface area contributed by atoms with Crippen LogP contribution in [0.4, 0.5) is 0 Å². The highest BCUT2D eigenvalue weighted by atomic mass is 16.5. The van der Waals surface area contributed by atoms with Gasteiger partial charge >= 0.3 is 0 Å². The monoisotopic (exact) mass is 254 g/mol. The van der Waals surface area contributed by atoms with Crippen LogP contribution in [0.5, 0.6) is 0 Å². The first-order chi connectivity index (χ1) is 8.93. The summed E-state index contributed by atoms with van der Waals surface area (Å²) in [5.41, 5.74) is 0. The second-order valence-electron chi connectivity index (χ2n) is 5.78. The average molecular weight is 254 g/mol. The van der Waals surface area contributed by atoms with Crippen molar-refractivity contribution in [3.8, 4) is 0 Å². The van der Waals surface area contributed by atoms with Gasteiger partial charge in [0.15, 0.2) is 0 Å². The van der Waals surface area contributed by atoms with E-state index in [-0.39, 0.29) is 0 Å². The van der Waals surface area contributed by atoms with Gasteiger partial charge in [-0.05, 0) is 32.1 Å². The molecule has 0 radical (unpaired) electrons. The summed E-state index contributed by atoms with van der Waals surface area (Å²) in [5.74, 6) is 0. The first-order valence-electron chi connectivity index (χ1n) is 7.61. The van der Waals surface area contributed by atoms with Crippen LogP contribution in [-0.4, -0.2) is 62.5 Å². The molecule has 3 unspecified atom stereocenters. The Morgan fingerprint density at radius 3 is 2.94 bits per heavy atom. The molecule has 4 heteroatoms. The second-order valence-corrected chi connectivity index (χ2v) is 5.78. The molecule has 18 heavy (non-hydrogen) atoms. The predicted octanol–water partition coefficient (Wildman–Crippen LogP) is 1.01. The van der Waals surface area contributed by atoms with E-state index in [0.717, 1.165) is 39.4 Å². The van der Waals surface area contributed by atoms with Gasteiger partial charge in [0.2, 0.25) is 0 Å². The number of hydrogen-bond acceptors (Lipinski definition) is 4. The second kappa shape index (κ2) is 6.33. The van der Waals surface area contributed by atoms with Gasteiger partial charge in [-0.15, -0.1) is 0 Å². The molecule has 0 aromatic heterocycles. The van der Waals surface area contributed by atoms with Gasteiger partial charge in [0.1, 0.15) is 0 Å². The van der Waals surface area contributed by atoms with E-state index in [9.17, 15) is 0 Å². The Balaban J connectivity index is 1.34. The number of nitrogens with one attached hydrogen (secondary N) is 1. The minimum atomic E-state index is 0.467. The molecular weight excluding hydrogens is 228 g/mol. The Morgan fingerprint density at radius 2 is 2.06 bits per heavy atom. The predicted molar refractivity (Wildman–Crippen MR) is 70.8 cm³/mol. The van der Waals surface area contributed by atoms with Crippen molar-refractivity contribution in [1.29, 1.82) is 0 Å². The molecule has 0 spiro atoms. The summed E-state index contributed by atoms with van der Waals surface area (Å²) in [5, 5.41) is 3.55. The van der Waals surface area contributed by atoms with Crippen molar-refractivity contribution >= 4 is 0 Å². The van der Waals surface area contributed by atoms with E-state index in [0.29, 0.717) is 18.2 Å². The quantitative estimate of drug-likeness (QED) is 0.742. The van der Waals surface area contributed by atoms with Crippen molar-refractivity contribution in [2.75, 3.05) is 39.4 Å². The van der Waals surface area contributed by atoms with Crippen molar-refractivity contribution in [2.24, 2.45) is 0 Å². The standard InChI is InChI=1S/C14H26N2O2/c1-4-13-14(5-1)18-10-8-16(13)7-6-15-11-12-3-2-9-17-12/h12-15H,1-11H2. The van der Waals surface area contributed by atoms with Gasteiger partial charge in [-0.1, -0.05) is 0 Å². The molecule has 3 fully saturated rings. The normalized spacial score (nSPS) is 37.0. The molecule has 3 aliphatic rings. The van der Waals surface area contributed by atoms with Crippen molar-refractivity contribution in [3.05, 3.63) is 0 Å². The van der Waals surface area contributed by atoms with E-state index in [1.54, 1.807) is 0 Å². The maximum atomic E-state index is 5.84. The van der Waals surface area contributed by atoms with E-state index >= 15 is 0 Å². The summed E-state index contributed by atoms with van der Waals surface area (Å²) in [4.78, 5) is 2.63. The van der Waals surface area contributed by atoms with Crippen LogP contribution < -0.4 is 5.32 Å². The number of hydrogen-bond donors (Lipinski definition) is 1. The van der Waals surface area contributed by atoms with Crippen LogP contribution in [-0.2, 0) is 9.47 Å². The summed E-state index contributed by atoms with van der Waals surface area (Å²) in [6.07, 6.45) is 7.40. The molecule has 1 N–H and O–H groups in total. The molecule has 2 aliphatic heterocycles. The lowest BCUT2D eigenvalue weighted by Crippen LogP contribution is -2.50. The Hall–Kier alpha value is -0.160. The van der Waals surface area contributed by atoms with Gasteiger partial charge in [-0.2, -0.15) is 0 Å². The molecule has 0 aromatic carbocycles. The number of rotatable bonds is 5. The maximum Gasteiger partial charge on any atom is 0.0730 e. The molecule has 2 saturated heterocycles. The Labute approximate surface area is 110 Å². The van der Waals surface area contributed by atoms with Crippen LogP contribution in [0.3, 0.4) is 0 Å². The van der Waals surface area contributed by atoms with E-state index in [1.165, 1.54) is 32.1 Å². The number of nitrogens with zero attached hydrogens (tertiary/aromatic N) is 1. The fourth-order valence-corrected chi connectivity index (χ4v) is 3.57. The van der Waals surface area contributed by atoms with Gasteiger partial charge in [0, 0.05) is 38.8 Å². The van der Waals surface area contributed by atoms with Crippen LogP contribution in [0, 0.1) is 0 Å². The summed E-state index contributed by atoms with van der Waals surface area (Å²) in [6, 6.07) is 0.697. The lowest BCUT2D eigenvalue weighted by Gasteiger charge is -2.37. The number of ether oxygens (including phenoxy) is 2. The molecule has 0 aromatic rings. The van der Waals surface area contributed by atoms with Crippen molar-refractivity contribution in [2.45, 2.75) is 50.4 Å². The van der Waals surface area contributed by atoms with Gasteiger partial charge in [0.05, 0.1) is 18.8 Å². The lowest BCUT2D eigenvalue weighted by molar-refractivity contribution is -0.0550. The molecule has 3 atom stereocenters. The van der Waals surface area contributed by atoms with Crippen molar-refractivity contribution in [1.82, 2.24) is 10.2 Å². The maximum absolute atomic E-state index is 5.84. The van der Waals surface area contributed by atoms with Crippen LogP contribution in [0.1, 0.15) is 32.1 Å². The third kappa shape index (κ3) is 3.05. The van der Waals surface area contributed by atoms with Crippen molar-refractivity contribution in [3.63, 3.8) is 0 Å². The molecule has 0 bridgehead atoms. The summed E-state index contributed by atoms with van der Waals surface area (Å²) in [6.45, 7) is 6.27. The van der Waals surface area contributed by atoms with Crippen LogP contribution in [0.25, 0.3) is 0 Å². The van der Waals surface area contributed by atoms with E-state index in [4.69, 9.17) is 9.47 Å². The SMILES string of the molecule is C1COC(CNCCN2CCOC3CCCC32)C1. The Morgan fingerprint density at radius 1 is 1.06 bits per heavy atom. The van der Waals surface area contributed by atoms with Gasteiger partial charge < -0.3 is 14.8 Å². The largest absolute Gasteiger partial charge is 0.377 e. The smallest absolute Gasteiger partial charge is 0.0730 e. The average Bonchev–Trinajstić information content (AvgIpc) is 3.05. The highest BCUT2D eigenvalue weighted by Crippen LogP contribution is 2.29. The molecule has 104 valence electrons. The third-order valence-corrected chi connectivity index (χ3v) is 4.57. The number of morpholine rings is 1. The fraction of sp³-hybridized carbons (Fsp3) is 1.00. The fourth-order valence-electron chi connectivity index (χ4n) is 3.57. The van der Waals surface area contributed by atoms with E-state index in [2.05, 4.69) is 10.2 Å². The van der Waals surface area contributed by atoms with E-state index < -0.39 is 0 Å². The van der Waals surface area contributed by atoms with Gasteiger partial charge in [-0.25, -0.2) is 0 Å².